The van der Waals surface area contributed by atoms with Crippen LogP contribution in [0.5, 0.6) is 0 Å². The smallest absolute Gasteiger partial charge is 0.220 e. The number of para-hydroxylation sites is 1. The summed E-state index contributed by atoms with van der Waals surface area (Å²) in [6, 6.07) is 8.01. The zero-order valence-corrected chi connectivity index (χ0v) is 14.8. The highest BCUT2D eigenvalue weighted by molar-refractivity contribution is 7.18. The number of hydrogen-bond acceptors (Lipinski definition) is 4. The van der Waals surface area contributed by atoms with Gasteiger partial charge in [-0.05, 0) is 37.3 Å². The number of amides is 2. The van der Waals surface area contributed by atoms with Crippen molar-refractivity contribution >= 4 is 33.4 Å². The third kappa shape index (κ3) is 4.32. The SMILES string of the molecule is CC(=O)N1CCC(CCC(=O)NCc2nc3ccccc3s2)CC1. The zero-order chi connectivity index (χ0) is 16.9. The van der Waals surface area contributed by atoms with Crippen molar-refractivity contribution in [3.05, 3.63) is 29.3 Å². The first kappa shape index (κ1) is 16.9. The second-order valence-electron chi connectivity index (χ2n) is 6.34. The minimum Gasteiger partial charge on any atom is -0.350 e. The summed E-state index contributed by atoms with van der Waals surface area (Å²) in [5.74, 6) is 0.791. The Balaban J connectivity index is 1.39. The molecule has 1 aromatic heterocycles. The predicted molar refractivity (Wildman–Crippen MR) is 95.7 cm³/mol. The van der Waals surface area contributed by atoms with Crippen LogP contribution < -0.4 is 5.32 Å². The van der Waals surface area contributed by atoms with E-state index in [9.17, 15) is 9.59 Å². The second-order valence-corrected chi connectivity index (χ2v) is 7.46. The topological polar surface area (TPSA) is 62.3 Å². The lowest BCUT2D eigenvalue weighted by Crippen LogP contribution is -2.37. The normalized spacial score (nSPS) is 15.6. The number of fused-ring (bicyclic) bond motifs is 1. The number of carbonyl (C=O) groups is 2. The summed E-state index contributed by atoms with van der Waals surface area (Å²) in [5, 5.41) is 3.91. The van der Waals surface area contributed by atoms with Gasteiger partial charge < -0.3 is 10.2 Å². The number of nitrogens with one attached hydrogen (secondary N) is 1. The van der Waals surface area contributed by atoms with Crippen LogP contribution in [0.25, 0.3) is 10.2 Å². The Labute approximate surface area is 146 Å². The molecule has 1 aliphatic heterocycles. The molecule has 0 spiro atoms. The summed E-state index contributed by atoms with van der Waals surface area (Å²) >= 11 is 1.63. The molecule has 0 unspecified atom stereocenters. The lowest BCUT2D eigenvalue weighted by Gasteiger charge is -2.31. The third-order valence-corrected chi connectivity index (χ3v) is 5.65. The maximum atomic E-state index is 12.0. The summed E-state index contributed by atoms with van der Waals surface area (Å²) < 4.78 is 1.15. The van der Waals surface area contributed by atoms with E-state index in [1.165, 1.54) is 0 Å². The van der Waals surface area contributed by atoms with Crippen molar-refractivity contribution in [2.75, 3.05) is 13.1 Å². The van der Waals surface area contributed by atoms with Crippen LogP contribution in [0.4, 0.5) is 0 Å². The standard InChI is InChI=1S/C18H23N3O2S/c1-13(22)21-10-8-14(9-11-21)6-7-17(23)19-12-18-20-15-4-2-3-5-16(15)24-18/h2-5,14H,6-12H2,1H3,(H,19,23). The summed E-state index contributed by atoms with van der Waals surface area (Å²) in [4.78, 5) is 29.8. The Morgan fingerprint density at radius 2 is 2.04 bits per heavy atom. The number of piperidine rings is 1. The van der Waals surface area contributed by atoms with Crippen molar-refractivity contribution in [2.45, 2.75) is 39.2 Å². The van der Waals surface area contributed by atoms with Crippen LogP contribution in [0.1, 0.15) is 37.6 Å². The highest BCUT2D eigenvalue weighted by Gasteiger charge is 2.21. The molecule has 3 rings (SSSR count). The van der Waals surface area contributed by atoms with Gasteiger partial charge >= 0.3 is 0 Å². The minimum atomic E-state index is 0.0863. The molecule has 0 bridgehead atoms. The lowest BCUT2D eigenvalue weighted by molar-refractivity contribution is -0.130. The van der Waals surface area contributed by atoms with Gasteiger partial charge in [0.15, 0.2) is 0 Å². The minimum absolute atomic E-state index is 0.0863. The molecular formula is C18H23N3O2S. The number of hydrogen-bond donors (Lipinski definition) is 1. The van der Waals surface area contributed by atoms with Crippen molar-refractivity contribution in [1.82, 2.24) is 15.2 Å². The molecular weight excluding hydrogens is 322 g/mol. The number of thiazole rings is 1. The second kappa shape index (κ2) is 7.75. The molecule has 5 nitrogen and oxygen atoms in total. The van der Waals surface area contributed by atoms with E-state index >= 15 is 0 Å². The molecule has 6 heteroatoms. The molecule has 2 amide bonds. The van der Waals surface area contributed by atoms with Gasteiger partial charge in [-0.3, -0.25) is 9.59 Å². The van der Waals surface area contributed by atoms with E-state index in [-0.39, 0.29) is 11.8 Å². The van der Waals surface area contributed by atoms with Gasteiger partial charge in [-0.2, -0.15) is 0 Å². The Kier molecular flexibility index (Phi) is 5.45. The van der Waals surface area contributed by atoms with E-state index in [1.807, 2.05) is 29.2 Å². The van der Waals surface area contributed by atoms with Crippen LogP contribution in [-0.2, 0) is 16.1 Å². The van der Waals surface area contributed by atoms with Gasteiger partial charge in [0.1, 0.15) is 5.01 Å². The van der Waals surface area contributed by atoms with Crippen molar-refractivity contribution in [2.24, 2.45) is 5.92 Å². The fourth-order valence-corrected chi connectivity index (χ4v) is 4.04. The number of rotatable bonds is 5. The Bertz CT molecular complexity index is 687. The summed E-state index contributed by atoms with van der Waals surface area (Å²) in [7, 11) is 0. The van der Waals surface area contributed by atoms with E-state index in [4.69, 9.17) is 0 Å². The average Bonchev–Trinajstić information content (AvgIpc) is 3.01. The summed E-state index contributed by atoms with van der Waals surface area (Å²) in [6.07, 6.45) is 3.46. The molecule has 2 heterocycles. The van der Waals surface area contributed by atoms with Gasteiger partial charge in [0.25, 0.3) is 0 Å². The van der Waals surface area contributed by atoms with Gasteiger partial charge in [0, 0.05) is 26.4 Å². The first-order valence-corrected chi connectivity index (χ1v) is 9.30. The molecule has 0 radical (unpaired) electrons. The van der Waals surface area contributed by atoms with Crippen LogP contribution in [0, 0.1) is 5.92 Å². The molecule has 128 valence electrons. The maximum Gasteiger partial charge on any atom is 0.220 e. The lowest BCUT2D eigenvalue weighted by atomic mass is 9.92. The van der Waals surface area contributed by atoms with E-state index in [1.54, 1.807) is 18.3 Å². The third-order valence-electron chi connectivity index (χ3n) is 4.61. The monoisotopic (exact) mass is 345 g/mol. The number of aromatic nitrogens is 1. The van der Waals surface area contributed by atoms with E-state index in [0.29, 0.717) is 18.9 Å². The van der Waals surface area contributed by atoms with Gasteiger partial charge in [-0.25, -0.2) is 4.98 Å². The molecule has 2 aromatic rings. The van der Waals surface area contributed by atoms with Crippen LogP contribution >= 0.6 is 11.3 Å². The van der Waals surface area contributed by atoms with Crippen LogP contribution in [0.2, 0.25) is 0 Å². The molecule has 0 aliphatic carbocycles. The van der Waals surface area contributed by atoms with E-state index < -0.39 is 0 Å². The number of nitrogens with zero attached hydrogens (tertiary/aromatic N) is 2. The van der Waals surface area contributed by atoms with Crippen molar-refractivity contribution in [1.29, 1.82) is 0 Å². The van der Waals surface area contributed by atoms with Crippen molar-refractivity contribution in [3.8, 4) is 0 Å². The molecule has 1 N–H and O–H groups in total. The fourth-order valence-electron chi connectivity index (χ4n) is 3.13. The Morgan fingerprint density at radius 3 is 2.75 bits per heavy atom. The first-order chi connectivity index (χ1) is 11.6. The molecule has 1 fully saturated rings. The highest BCUT2D eigenvalue weighted by atomic mass is 32.1. The molecule has 0 saturated carbocycles. The van der Waals surface area contributed by atoms with Crippen LogP contribution in [0.15, 0.2) is 24.3 Å². The highest BCUT2D eigenvalue weighted by Crippen LogP contribution is 2.23. The summed E-state index contributed by atoms with van der Waals surface area (Å²) in [6.45, 7) is 3.78. The Morgan fingerprint density at radius 1 is 1.29 bits per heavy atom. The first-order valence-electron chi connectivity index (χ1n) is 8.48. The maximum absolute atomic E-state index is 12.0. The van der Waals surface area contributed by atoms with Crippen molar-refractivity contribution in [3.63, 3.8) is 0 Å². The molecule has 1 aliphatic rings. The predicted octanol–water partition coefficient (Wildman–Crippen LogP) is 2.95. The van der Waals surface area contributed by atoms with E-state index in [2.05, 4.69) is 10.3 Å². The number of carbonyl (C=O) groups excluding carboxylic acids is 2. The largest absolute Gasteiger partial charge is 0.350 e. The molecule has 24 heavy (non-hydrogen) atoms. The zero-order valence-electron chi connectivity index (χ0n) is 14.0. The van der Waals surface area contributed by atoms with Gasteiger partial charge in [-0.15, -0.1) is 11.3 Å². The van der Waals surface area contributed by atoms with E-state index in [0.717, 1.165) is 47.6 Å². The molecule has 1 aromatic carbocycles. The number of benzene rings is 1. The Hall–Kier alpha value is -1.95. The van der Waals surface area contributed by atoms with Crippen LogP contribution in [0.3, 0.4) is 0 Å². The van der Waals surface area contributed by atoms with Gasteiger partial charge in [0.2, 0.25) is 11.8 Å². The van der Waals surface area contributed by atoms with Gasteiger partial charge in [-0.1, -0.05) is 12.1 Å². The quantitative estimate of drug-likeness (QED) is 0.906. The van der Waals surface area contributed by atoms with Crippen molar-refractivity contribution < 1.29 is 9.59 Å². The average molecular weight is 345 g/mol. The fraction of sp³-hybridized carbons (Fsp3) is 0.500. The summed E-state index contributed by atoms with van der Waals surface area (Å²) in [5.41, 5.74) is 0.990. The van der Waals surface area contributed by atoms with Gasteiger partial charge in [0.05, 0.1) is 16.8 Å². The molecule has 0 atom stereocenters. The molecule has 1 saturated heterocycles. The number of likely N-dealkylation sites (tertiary alicyclic amines) is 1. The van der Waals surface area contributed by atoms with Crippen LogP contribution in [-0.4, -0.2) is 34.8 Å².